The Balaban J connectivity index is 1.59. The SMILES string of the molecule is C[C@H](Sc1ccccc1)C(=O)OCc1nc(N)nc(Nc2ccccc2)n1. The van der Waals surface area contributed by atoms with Crippen molar-refractivity contribution < 1.29 is 9.53 Å². The molecule has 0 radical (unpaired) electrons. The summed E-state index contributed by atoms with van der Waals surface area (Å²) in [7, 11) is 0. The zero-order chi connectivity index (χ0) is 19.1. The monoisotopic (exact) mass is 381 g/mol. The number of esters is 1. The number of rotatable bonds is 7. The molecule has 1 aromatic heterocycles. The van der Waals surface area contributed by atoms with E-state index < -0.39 is 0 Å². The Labute approximate surface area is 161 Å². The highest BCUT2D eigenvalue weighted by Gasteiger charge is 2.17. The number of nitrogens with zero attached hydrogens (tertiary/aromatic N) is 3. The fourth-order valence-electron chi connectivity index (χ4n) is 2.21. The molecular weight excluding hydrogens is 362 g/mol. The Bertz CT molecular complexity index is 893. The maximum atomic E-state index is 12.2. The molecule has 0 bridgehead atoms. The van der Waals surface area contributed by atoms with Gasteiger partial charge in [0.1, 0.15) is 5.25 Å². The van der Waals surface area contributed by atoms with Gasteiger partial charge in [0.2, 0.25) is 11.9 Å². The average molecular weight is 381 g/mol. The zero-order valence-electron chi connectivity index (χ0n) is 14.7. The molecule has 0 saturated carbocycles. The van der Waals surface area contributed by atoms with Crippen molar-refractivity contribution in [2.24, 2.45) is 0 Å². The largest absolute Gasteiger partial charge is 0.457 e. The molecule has 0 saturated heterocycles. The molecule has 27 heavy (non-hydrogen) atoms. The van der Waals surface area contributed by atoms with Crippen molar-refractivity contribution in [1.29, 1.82) is 0 Å². The van der Waals surface area contributed by atoms with Crippen LogP contribution in [-0.4, -0.2) is 26.2 Å². The number of nitrogens with two attached hydrogens (primary N) is 1. The third-order valence-corrected chi connectivity index (χ3v) is 4.55. The van der Waals surface area contributed by atoms with E-state index in [9.17, 15) is 4.79 Å². The lowest BCUT2D eigenvalue weighted by Gasteiger charge is -2.11. The predicted molar refractivity (Wildman–Crippen MR) is 106 cm³/mol. The highest BCUT2D eigenvalue weighted by molar-refractivity contribution is 8.00. The molecule has 7 nitrogen and oxygen atoms in total. The van der Waals surface area contributed by atoms with Crippen LogP contribution in [0, 0.1) is 0 Å². The van der Waals surface area contributed by atoms with Crippen LogP contribution in [0.4, 0.5) is 17.6 Å². The van der Waals surface area contributed by atoms with E-state index in [1.165, 1.54) is 11.8 Å². The van der Waals surface area contributed by atoms with Gasteiger partial charge in [0.25, 0.3) is 0 Å². The van der Waals surface area contributed by atoms with Crippen LogP contribution in [0.15, 0.2) is 65.6 Å². The minimum absolute atomic E-state index is 0.0567. The van der Waals surface area contributed by atoms with Crippen LogP contribution in [0.3, 0.4) is 0 Å². The van der Waals surface area contributed by atoms with Crippen LogP contribution in [0.2, 0.25) is 0 Å². The highest BCUT2D eigenvalue weighted by Crippen LogP contribution is 2.23. The molecule has 1 atom stereocenters. The first-order valence-corrected chi connectivity index (χ1v) is 9.19. The number of ether oxygens (including phenoxy) is 1. The van der Waals surface area contributed by atoms with Crippen LogP contribution in [0.5, 0.6) is 0 Å². The number of anilines is 3. The minimum atomic E-state index is -0.353. The van der Waals surface area contributed by atoms with Gasteiger partial charge in [-0.2, -0.15) is 15.0 Å². The molecule has 8 heteroatoms. The van der Waals surface area contributed by atoms with Gasteiger partial charge in [0.05, 0.1) is 0 Å². The maximum Gasteiger partial charge on any atom is 0.319 e. The molecule has 3 aromatic rings. The van der Waals surface area contributed by atoms with Crippen LogP contribution in [0.1, 0.15) is 12.7 Å². The summed E-state index contributed by atoms with van der Waals surface area (Å²) in [5.41, 5.74) is 6.55. The predicted octanol–water partition coefficient (Wildman–Crippen LogP) is 3.42. The Morgan fingerprint density at radius 1 is 1.07 bits per heavy atom. The molecular formula is C19H19N5O2S. The van der Waals surface area contributed by atoms with Crippen molar-refractivity contribution in [3.63, 3.8) is 0 Å². The first-order chi connectivity index (χ1) is 13.1. The molecule has 0 aliphatic rings. The number of nitrogens with one attached hydrogen (secondary N) is 1. The van der Waals surface area contributed by atoms with Crippen molar-refractivity contribution in [3.8, 4) is 0 Å². The van der Waals surface area contributed by atoms with Crippen LogP contribution < -0.4 is 11.1 Å². The first-order valence-electron chi connectivity index (χ1n) is 8.31. The second-order valence-electron chi connectivity index (χ2n) is 5.61. The second-order valence-corrected chi connectivity index (χ2v) is 7.02. The standard InChI is InChI=1S/C19H19N5O2S/c1-13(27-15-10-6-3-7-11-15)17(25)26-12-16-22-18(20)24-19(23-16)21-14-8-4-2-5-9-14/h2-11,13H,12H2,1H3,(H3,20,21,22,23,24)/t13-/m0/s1. The Kier molecular flexibility index (Phi) is 6.22. The highest BCUT2D eigenvalue weighted by atomic mass is 32.2. The number of aromatic nitrogens is 3. The lowest BCUT2D eigenvalue weighted by atomic mass is 10.3. The van der Waals surface area contributed by atoms with Crippen molar-refractivity contribution in [1.82, 2.24) is 15.0 Å². The van der Waals surface area contributed by atoms with E-state index in [-0.39, 0.29) is 29.6 Å². The molecule has 2 aromatic carbocycles. The molecule has 0 fully saturated rings. The third-order valence-electron chi connectivity index (χ3n) is 3.46. The molecule has 0 amide bonds. The van der Waals surface area contributed by atoms with Gasteiger partial charge in [0, 0.05) is 10.6 Å². The van der Waals surface area contributed by atoms with Crippen molar-refractivity contribution >= 4 is 35.3 Å². The second kappa shape index (κ2) is 9.00. The van der Waals surface area contributed by atoms with E-state index in [0.29, 0.717) is 5.95 Å². The summed E-state index contributed by atoms with van der Waals surface area (Å²) < 4.78 is 5.33. The van der Waals surface area contributed by atoms with E-state index in [0.717, 1.165) is 10.6 Å². The zero-order valence-corrected chi connectivity index (χ0v) is 15.5. The fraction of sp³-hybridized carbons (Fsp3) is 0.158. The molecule has 1 heterocycles. The van der Waals surface area contributed by atoms with E-state index in [4.69, 9.17) is 10.5 Å². The van der Waals surface area contributed by atoms with Gasteiger partial charge in [-0.1, -0.05) is 36.4 Å². The number of hydrogen-bond donors (Lipinski definition) is 2. The smallest absolute Gasteiger partial charge is 0.319 e. The van der Waals surface area contributed by atoms with E-state index in [1.807, 2.05) is 60.7 Å². The summed E-state index contributed by atoms with van der Waals surface area (Å²) in [4.78, 5) is 25.5. The molecule has 3 rings (SSSR count). The number of thioether (sulfide) groups is 1. The molecule has 0 spiro atoms. The third kappa shape index (κ3) is 5.68. The fourth-order valence-corrected chi connectivity index (χ4v) is 3.10. The number of carbonyl (C=O) groups is 1. The maximum absolute atomic E-state index is 12.2. The van der Waals surface area contributed by atoms with Gasteiger partial charge in [-0.15, -0.1) is 11.8 Å². The van der Waals surface area contributed by atoms with Gasteiger partial charge in [-0.05, 0) is 31.2 Å². The van der Waals surface area contributed by atoms with Crippen LogP contribution in [-0.2, 0) is 16.1 Å². The molecule has 0 aliphatic heterocycles. The molecule has 138 valence electrons. The number of nitrogen functional groups attached to an aromatic ring is 1. The van der Waals surface area contributed by atoms with Crippen molar-refractivity contribution in [2.75, 3.05) is 11.1 Å². The van der Waals surface area contributed by atoms with E-state index in [2.05, 4.69) is 20.3 Å². The van der Waals surface area contributed by atoms with Gasteiger partial charge >= 0.3 is 5.97 Å². The Hall–Kier alpha value is -3.13. The number of carbonyl (C=O) groups excluding carboxylic acids is 1. The molecule has 0 unspecified atom stereocenters. The normalized spacial score (nSPS) is 11.6. The van der Waals surface area contributed by atoms with Gasteiger partial charge in [-0.25, -0.2) is 0 Å². The van der Waals surface area contributed by atoms with Crippen molar-refractivity contribution in [3.05, 3.63) is 66.5 Å². The number of benzene rings is 2. The van der Waals surface area contributed by atoms with Gasteiger partial charge < -0.3 is 15.8 Å². The lowest BCUT2D eigenvalue weighted by molar-refractivity contribution is -0.144. The Morgan fingerprint density at radius 3 is 2.44 bits per heavy atom. The summed E-state index contributed by atoms with van der Waals surface area (Å²) in [5, 5.41) is 2.69. The summed E-state index contributed by atoms with van der Waals surface area (Å²) in [5.74, 6) is 0.291. The van der Waals surface area contributed by atoms with E-state index >= 15 is 0 Å². The quantitative estimate of drug-likeness (QED) is 0.474. The number of hydrogen-bond acceptors (Lipinski definition) is 8. The lowest BCUT2D eigenvalue weighted by Crippen LogP contribution is -2.18. The summed E-state index contributed by atoms with van der Waals surface area (Å²) in [6.45, 7) is 1.72. The topological polar surface area (TPSA) is 103 Å². The summed E-state index contributed by atoms with van der Waals surface area (Å²) in [6, 6.07) is 19.1. The summed E-state index contributed by atoms with van der Waals surface area (Å²) in [6.07, 6.45) is 0. The van der Waals surface area contributed by atoms with Gasteiger partial charge in [0.15, 0.2) is 12.4 Å². The van der Waals surface area contributed by atoms with Crippen molar-refractivity contribution in [2.45, 2.75) is 23.7 Å². The first kappa shape index (κ1) is 18.7. The number of para-hydroxylation sites is 1. The molecule has 0 aliphatic carbocycles. The van der Waals surface area contributed by atoms with Crippen LogP contribution in [0.25, 0.3) is 0 Å². The minimum Gasteiger partial charge on any atom is -0.457 e. The Morgan fingerprint density at radius 2 is 1.74 bits per heavy atom. The van der Waals surface area contributed by atoms with E-state index in [1.54, 1.807) is 6.92 Å². The summed E-state index contributed by atoms with van der Waals surface area (Å²) >= 11 is 1.43. The van der Waals surface area contributed by atoms with Gasteiger partial charge in [-0.3, -0.25) is 4.79 Å². The van der Waals surface area contributed by atoms with Crippen LogP contribution >= 0.6 is 11.8 Å². The average Bonchev–Trinajstić information content (AvgIpc) is 2.67. The molecule has 3 N–H and O–H groups in total.